The van der Waals surface area contributed by atoms with Gasteiger partial charge in [0.05, 0.1) is 17.3 Å². The van der Waals surface area contributed by atoms with E-state index in [9.17, 15) is 18.0 Å². The Balaban J connectivity index is 1.90. The molecule has 0 aliphatic carbocycles. The molecule has 1 aliphatic rings. The van der Waals surface area contributed by atoms with Gasteiger partial charge in [0.15, 0.2) is 9.84 Å². The van der Waals surface area contributed by atoms with Crippen LogP contribution in [0, 0.1) is 6.92 Å². The molecule has 21 heavy (non-hydrogen) atoms. The number of hydrogen-bond acceptors (Lipinski definition) is 8. The van der Waals surface area contributed by atoms with E-state index in [0.29, 0.717) is 6.42 Å². The van der Waals surface area contributed by atoms with Gasteiger partial charge in [0, 0.05) is 6.04 Å². The van der Waals surface area contributed by atoms with Crippen molar-refractivity contribution in [2.45, 2.75) is 24.5 Å². The van der Waals surface area contributed by atoms with Crippen molar-refractivity contribution in [1.29, 1.82) is 0 Å². The highest BCUT2D eigenvalue weighted by molar-refractivity contribution is 7.99. The van der Waals surface area contributed by atoms with E-state index < -0.39 is 15.4 Å². The van der Waals surface area contributed by atoms with Gasteiger partial charge in [0.25, 0.3) is 5.56 Å². The third-order valence-electron chi connectivity index (χ3n) is 2.95. The van der Waals surface area contributed by atoms with Crippen molar-refractivity contribution in [3.05, 3.63) is 16.0 Å². The quantitative estimate of drug-likeness (QED) is 0.479. The number of aromatic nitrogens is 3. The van der Waals surface area contributed by atoms with Gasteiger partial charge in [0.1, 0.15) is 5.69 Å². The zero-order valence-electron chi connectivity index (χ0n) is 11.3. The fourth-order valence-electron chi connectivity index (χ4n) is 1.88. The zero-order chi connectivity index (χ0) is 15.6. The van der Waals surface area contributed by atoms with Gasteiger partial charge in [-0.05, 0) is 13.3 Å². The summed E-state index contributed by atoms with van der Waals surface area (Å²) >= 11 is 0.964. The Morgan fingerprint density at radius 3 is 2.86 bits per heavy atom. The molecule has 2 heterocycles. The molecule has 0 spiro atoms. The Kier molecular flexibility index (Phi) is 4.52. The second kappa shape index (κ2) is 6.02. The van der Waals surface area contributed by atoms with E-state index in [4.69, 9.17) is 5.84 Å². The molecule has 0 bridgehead atoms. The molecule has 0 radical (unpaired) electrons. The minimum Gasteiger partial charge on any atom is -0.352 e. The second-order valence-electron chi connectivity index (χ2n) is 4.70. The van der Waals surface area contributed by atoms with Gasteiger partial charge < -0.3 is 11.2 Å². The lowest BCUT2D eigenvalue weighted by Crippen LogP contribution is -2.37. The van der Waals surface area contributed by atoms with Crippen molar-refractivity contribution in [3.8, 4) is 0 Å². The third kappa shape index (κ3) is 3.94. The van der Waals surface area contributed by atoms with E-state index in [1.807, 2.05) is 0 Å². The predicted octanol–water partition coefficient (Wildman–Crippen LogP) is -1.94. The molecule has 1 fully saturated rings. The van der Waals surface area contributed by atoms with Crippen LogP contribution in [0.15, 0.2) is 9.95 Å². The molecule has 11 heteroatoms. The van der Waals surface area contributed by atoms with Crippen molar-refractivity contribution in [2.24, 2.45) is 0 Å². The van der Waals surface area contributed by atoms with Crippen LogP contribution in [0.4, 0.5) is 0 Å². The summed E-state index contributed by atoms with van der Waals surface area (Å²) in [6, 6.07) is -0.354. The van der Waals surface area contributed by atoms with Gasteiger partial charge in [-0.15, -0.1) is 10.2 Å². The van der Waals surface area contributed by atoms with Crippen LogP contribution < -0.4 is 16.7 Å². The Labute approximate surface area is 125 Å². The summed E-state index contributed by atoms with van der Waals surface area (Å²) in [6.45, 7) is 1.49. The van der Waals surface area contributed by atoms with E-state index in [1.54, 1.807) is 0 Å². The van der Waals surface area contributed by atoms with Crippen LogP contribution in [-0.4, -0.2) is 52.5 Å². The number of carbonyl (C=O) groups excluding carboxylic acids is 1. The van der Waals surface area contributed by atoms with Gasteiger partial charge in [-0.1, -0.05) is 11.8 Å². The van der Waals surface area contributed by atoms with Gasteiger partial charge in [0.2, 0.25) is 11.1 Å². The molecule has 0 unspecified atom stereocenters. The first-order valence-corrected chi connectivity index (χ1v) is 8.93. The molecular weight excluding hydrogens is 318 g/mol. The summed E-state index contributed by atoms with van der Waals surface area (Å²) in [7, 11) is -3.03. The molecule has 1 atom stereocenters. The summed E-state index contributed by atoms with van der Waals surface area (Å²) in [5.74, 6) is 5.24. The number of rotatable bonds is 4. The average Bonchev–Trinajstić information content (AvgIpc) is 2.74. The van der Waals surface area contributed by atoms with E-state index >= 15 is 0 Å². The molecule has 3 N–H and O–H groups in total. The van der Waals surface area contributed by atoms with E-state index in [-0.39, 0.29) is 40.1 Å². The number of thioether (sulfide) groups is 1. The third-order valence-corrected chi connectivity index (χ3v) is 5.66. The molecule has 0 aromatic carbocycles. The Morgan fingerprint density at radius 1 is 1.52 bits per heavy atom. The van der Waals surface area contributed by atoms with E-state index in [2.05, 4.69) is 15.5 Å². The normalized spacial score (nSPS) is 20.3. The molecular formula is C10H15N5O4S2. The lowest BCUT2D eigenvalue weighted by Gasteiger charge is -2.10. The van der Waals surface area contributed by atoms with Crippen molar-refractivity contribution in [1.82, 2.24) is 20.2 Å². The van der Waals surface area contributed by atoms with E-state index in [1.165, 1.54) is 6.92 Å². The number of nitrogen functional groups attached to an aromatic ring is 1. The summed E-state index contributed by atoms with van der Waals surface area (Å²) in [5, 5.41) is 10.1. The molecule has 0 saturated carbocycles. The minimum absolute atomic E-state index is 0.0229. The fourth-order valence-corrected chi connectivity index (χ4v) is 4.21. The monoisotopic (exact) mass is 333 g/mol. The molecule has 1 saturated heterocycles. The van der Waals surface area contributed by atoms with Crippen molar-refractivity contribution < 1.29 is 13.2 Å². The van der Waals surface area contributed by atoms with Crippen molar-refractivity contribution >= 4 is 27.5 Å². The fraction of sp³-hybridized carbons (Fsp3) is 0.600. The number of nitrogens with one attached hydrogen (secondary N) is 1. The maximum atomic E-state index is 11.7. The highest BCUT2D eigenvalue weighted by atomic mass is 32.2. The number of nitrogens with two attached hydrogens (primary N) is 1. The van der Waals surface area contributed by atoms with Crippen LogP contribution in [0.3, 0.4) is 0 Å². The van der Waals surface area contributed by atoms with Crippen LogP contribution in [0.2, 0.25) is 0 Å². The number of sulfone groups is 1. The SMILES string of the molecule is Cc1nnc(SCC(=O)N[C@@H]2CCS(=O)(=O)C2)n(N)c1=O. The molecule has 1 amide bonds. The van der Waals surface area contributed by atoms with Crippen LogP contribution >= 0.6 is 11.8 Å². The molecule has 1 aromatic heterocycles. The zero-order valence-corrected chi connectivity index (χ0v) is 12.9. The molecule has 1 aliphatic heterocycles. The van der Waals surface area contributed by atoms with Crippen LogP contribution in [-0.2, 0) is 14.6 Å². The average molecular weight is 333 g/mol. The number of aryl methyl sites for hydroxylation is 1. The summed E-state index contributed by atoms with van der Waals surface area (Å²) < 4.78 is 23.4. The Hall–Kier alpha value is -1.62. The lowest BCUT2D eigenvalue weighted by molar-refractivity contribution is -0.119. The predicted molar refractivity (Wildman–Crippen MR) is 77.1 cm³/mol. The smallest absolute Gasteiger partial charge is 0.294 e. The lowest BCUT2D eigenvalue weighted by atomic mass is 10.3. The molecule has 1 aromatic rings. The first kappa shape index (κ1) is 15.8. The number of carbonyl (C=O) groups is 1. The van der Waals surface area contributed by atoms with Gasteiger partial charge in [-0.25, -0.2) is 8.42 Å². The highest BCUT2D eigenvalue weighted by Crippen LogP contribution is 2.13. The molecule has 116 valence electrons. The van der Waals surface area contributed by atoms with Gasteiger partial charge in [-0.3, -0.25) is 9.59 Å². The molecule has 2 rings (SSSR count). The van der Waals surface area contributed by atoms with Crippen molar-refractivity contribution in [3.63, 3.8) is 0 Å². The van der Waals surface area contributed by atoms with Gasteiger partial charge >= 0.3 is 0 Å². The largest absolute Gasteiger partial charge is 0.352 e. The maximum absolute atomic E-state index is 11.7. The standard InChI is InChI=1S/C10H15N5O4S2/c1-6-9(17)15(11)10(14-13-6)20-4-8(16)12-7-2-3-21(18,19)5-7/h7H,2-5,11H2,1H3,(H,12,16)/t7-/m1/s1. The first-order chi connectivity index (χ1) is 9.78. The topological polar surface area (TPSA) is 137 Å². The second-order valence-corrected chi connectivity index (χ2v) is 7.87. The number of amides is 1. The Bertz CT molecular complexity index is 715. The van der Waals surface area contributed by atoms with Crippen LogP contribution in [0.5, 0.6) is 0 Å². The molecule has 9 nitrogen and oxygen atoms in total. The highest BCUT2D eigenvalue weighted by Gasteiger charge is 2.28. The summed E-state index contributed by atoms with van der Waals surface area (Å²) in [6.07, 6.45) is 0.421. The van der Waals surface area contributed by atoms with Crippen LogP contribution in [0.1, 0.15) is 12.1 Å². The Morgan fingerprint density at radius 2 is 2.24 bits per heavy atom. The minimum atomic E-state index is -3.03. The van der Waals surface area contributed by atoms with Crippen LogP contribution in [0.25, 0.3) is 0 Å². The number of hydrogen-bond donors (Lipinski definition) is 2. The first-order valence-electron chi connectivity index (χ1n) is 6.12. The van der Waals surface area contributed by atoms with Crippen molar-refractivity contribution in [2.75, 3.05) is 23.1 Å². The number of nitrogens with zero attached hydrogens (tertiary/aromatic N) is 3. The summed E-state index contributed by atoms with van der Waals surface area (Å²) in [4.78, 5) is 23.3. The summed E-state index contributed by atoms with van der Waals surface area (Å²) in [5.41, 5.74) is -0.308. The maximum Gasteiger partial charge on any atom is 0.294 e. The van der Waals surface area contributed by atoms with Gasteiger partial charge in [-0.2, -0.15) is 4.68 Å². The van der Waals surface area contributed by atoms with E-state index in [0.717, 1.165) is 16.4 Å².